The number of hydrogen-bond donors (Lipinski definition) is 0. The van der Waals surface area contributed by atoms with Crippen LogP contribution in [0.5, 0.6) is 0 Å². The number of benzene rings is 2. The van der Waals surface area contributed by atoms with Crippen LogP contribution in [0.15, 0.2) is 66.7 Å². The topological polar surface area (TPSA) is 67.0 Å². The second-order valence-corrected chi connectivity index (χ2v) is 7.55. The number of methoxy groups -OCH3 is 2. The van der Waals surface area contributed by atoms with E-state index in [0.717, 1.165) is 45.1 Å². The summed E-state index contributed by atoms with van der Waals surface area (Å²) in [6.07, 6.45) is 0. The Bertz CT molecular complexity index is 1290. The summed E-state index contributed by atoms with van der Waals surface area (Å²) in [5.74, 6) is 1.65. The van der Waals surface area contributed by atoms with Gasteiger partial charge in [-0.3, -0.25) is 0 Å². The van der Waals surface area contributed by atoms with Crippen molar-refractivity contribution in [2.24, 2.45) is 0 Å². The van der Waals surface area contributed by atoms with Gasteiger partial charge in [0.05, 0.1) is 35.3 Å². The zero-order chi connectivity index (χ0) is 21.9. The fraction of sp³-hybridized carbons (Fsp3) is 0.240. The molecule has 0 spiro atoms. The van der Waals surface area contributed by atoms with Crippen LogP contribution in [-0.2, 0) is 39.3 Å². The maximum Gasteiger partial charge on any atom is 2.00 e. The van der Waals surface area contributed by atoms with Crippen molar-refractivity contribution in [3.05, 3.63) is 66.7 Å². The van der Waals surface area contributed by atoms with Crippen LogP contribution in [0.3, 0.4) is 0 Å². The number of halogens is 2. The zero-order valence-corrected chi connectivity index (χ0v) is 21.9. The summed E-state index contributed by atoms with van der Waals surface area (Å²) < 4.78 is 15.0. The first-order chi connectivity index (χ1) is 15.8. The number of pyridine rings is 1. The predicted octanol–water partition coefficient (Wildman–Crippen LogP) is -1.59. The van der Waals surface area contributed by atoms with Crippen molar-refractivity contribution in [3.8, 4) is 23.0 Å². The summed E-state index contributed by atoms with van der Waals surface area (Å²) in [6.45, 7) is 2.59. The van der Waals surface area contributed by atoms with E-state index in [0.29, 0.717) is 26.3 Å². The van der Waals surface area contributed by atoms with E-state index in [4.69, 9.17) is 24.4 Å². The Labute approximate surface area is 226 Å². The first kappa shape index (κ1) is 28.8. The third-order valence-corrected chi connectivity index (χ3v) is 5.55. The molecular formula is C25H25Cl2CoN5O2. The van der Waals surface area contributed by atoms with Gasteiger partial charge in [0, 0.05) is 27.3 Å². The molecule has 0 atom stereocenters. The Morgan fingerprint density at radius 3 is 1.46 bits per heavy atom. The molecule has 0 fully saturated rings. The molecule has 0 aliphatic carbocycles. The number of fused-ring (bicyclic) bond motifs is 2. The van der Waals surface area contributed by atoms with Gasteiger partial charge in [0.1, 0.15) is 11.4 Å². The molecule has 185 valence electrons. The van der Waals surface area contributed by atoms with Crippen LogP contribution in [0.1, 0.15) is 0 Å². The molecule has 0 amide bonds. The first-order valence-corrected chi connectivity index (χ1v) is 10.7. The second kappa shape index (κ2) is 13.0. The molecule has 2 aromatic carbocycles. The number of hydrogen-bond acceptors (Lipinski definition) is 5. The fourth-order valence-electron chi connectivity index (χ4n) is 4.04. The first-order valence-electron chi connectivity index (χ1n) is 10.7. The molecule has 35 heavy (non-hydrogen) atoms. The molecule has 0 aliphatic heterocycles. The van der Waals surface area contributed by atoms with E-state index in [1.165, 1.54) is 0 Å². The van der Waals surface area contributed by atoms with Crippen LogP contribution in [0.4, 0.5) is 0 Å². The van der Waals surface area contributed by atoms with Crippen molar-refractivity contribution in [1.82, 2.24) is 24.1 Å². The number of ether oxygens (including phenoxy) is 2. The largest absolute Gasteiger partial charge is 2.00 e. The minimum Gasteiger partial charge on any atom is -1.00 e. The normalized spacial score (nSPS) is 10.6. The molecule has 3 heterocycles. The van der Waals surface area contributed by atoms with E-state index < -0.39 is 0 Å². The molecule has 0 saturated carbocycles. The third kappa shape index (κ3) is 5.69. The van der Waals surface area contributed by atoms with E-state index in [1.54, 1.807) is 14.2 Å². The van der Waals surface area contributed by atoms with E-state index >= 15 is 0 Å². The minimum absolute atomic E-state index is 0. The van der Waals surface area contributed by atoms with E-state index in [9.17, 15) is 0 Å². The number of imidazole rings is 2. The Kier molecular flexibility index (Phi) is 10.7. The molecular weight excluding hydrogens is 532 g/mol. The van der Waals surface area contributed by atoms with Crippen LogP contribution in [0.2, 0.25) is 0 Å². The molecule has 3 aromatic heterocycles. The summed E-state index contributed by atoms with van der Waals surface area (Å²) >= 11 is 0. The molecule has 7 nitrogen and oxygen atoms in total. The summed E-state index contributed by atoms with van der Waals surface area (Å²) in [4.78, 5) is 14.8. The van der Waals surface area contributed by atoms with Gasteiger partial charge in [-0.1, -0.05) is 30.3 Å². The van der Waals surface area contributed by atoms with Gasteiger partial charge in [-0.05, 0) is 36.4 Å². The van der Waals surface area contributed by atoms with Crippen molar-refractivity contribution < 1.29 is 51.1 Å². The second-order valence-electron chi connectivity index (χ2n) is 7.55. The molecule has 10 heteroatoms. The van der Waals surface area contributed by atoms with Crippen LogP contribution in [0, 0.1) is 0 Å². The Morgan fingerprint density at radius 2 is 1.03 bits per heavy atom. The number of para-hydroxylation sites is 4. The van der Waals surface area contributed by atoms with Crippen LogP contribution < -0.4 is 24.8 Å². The van der Waals surface area contributed by atoms with Crippen molar-refractivity contribution in [2.45, 2.75) is 13.1 Å². The van der Waals surface area contributed by atoms with Crippen molar-refractivity contribution >= 4 is 22.1 Å². The molecule has 5 aromatic rings. The van der Waals surface area contributed by atoms with Gasteiger partial charge in [-0.2, -0.15) is 0 Å². The van der Waals surface area contributed by atoms with E-state index in [2.05, 4.69) is 21.3 Å². The molecule has 0 aliphatic rings. The van der Waals surface area contributed by atoms with Gasteiger partial charge in [-0.15, -0.1) is 0 Å². The molecule has 5 rings (SSSR count). The molecule has 0 saturated heterocycles. The minimum atomic E-state index is 0. The van der Waals surface area contributed by atoms with Gasteiger partial charge in [0.25, 0.3) is 0 Å². The van der Waals surface area contributed by atoms with Crippen LogP contribution in [0.25, 0.3) is 45.1 Å². The maximum absolute atomic E-state index is 5.34. The van der Waals surface area contributed by atoms with Gasteiger partial charge in [0.15, 0.2) is 11.6 Å². The molecule has 1 radical (unpaired) electrons. The zero-order valence-electron chi connectivity index (χ0n) is 19.3. The monoisotopic (exact) mass is 556 g/mol. The van der Waals surface area contributed by atoms with Gasteiger partial charge >= 0.3 is 16.8 Å². The maximum atomic E-state index is 5.34. The quantitative estimate of drug-likeness (QED) is 0.231. The summed E-state index contributed by atoms with van der Waals surface area (Å²) in [5.41, 5.74) is 5.63. The van der Waals surface area contributed by atoms with Crippen molar-refractivity contribution in [1.29, 1.82) is 0 Å². The van der Waals surface area contributed by atoms with Gasteiger partial charge < -0.3 is 43.4 Å². The molecule has 0 N–H and O–H groups in total. The Balaban J connectivity index is 0.00000144. The smallest absolute Gasteiger partial charge is 1.00 e. The summed E-state index contributed by atoms with van der Waals surface area (Å²) in [7, 11) is 3.42. The molecule has 0 unspecified atom stereocenters. The average Bonchev–Trinajstić information content (AvgIpc) is 3.40. The predicted molar refractivity (Wildman–Crippen MR) is 125 cm³/mol. The standard InChI is InChI=1S/C25H25N5O2.2ClH.Co/c1-31-16-14-29-22-12-5-3-8-18(22)27-24(29)20-10-7-11-21(26-20)25-28-19-9-4-6-13-23(19)30(25)15-17-32-2;;;/h3-13H,14-17H2,1-2H3;2*1H;/q;;;+2/p-2. The average molecular weight is 557 g/mol. The van der Waals surface area contributed by atoms with Crippen LogP contribution >= 0.6 is 0 Å². The number of aromatic nitrogens is 5. The summed E-state index contributed by atoms with van der Waals surface area (Å²) in [5, 5.41) is 0. The van der Waals surface area contributed by atoms with Crippen molar-refractivity contribution in [2.75, 3.05) is 27.4 Å². The number of rotatable bonds is 8. The van der Waals surface area contributed by atoms with E-state index in [1.807, 2.05) is 54.6 Å². The SMILES string of the molecule is COCCn1c(-c2cccc(-c3nc4ccccc4n3CCOC)n2)nc2ccccc21.[Cl-].[Cl-].[Co+2]. The van der Waals surface area contributed by atoms with E-state index in [-0.39, 0.29) is 41.6 Å². The van der Waals surface area contributed by atoms with Crippen molar-refractivity contribution in [3.63, 3.8) is 0 Å². The third-order valence-electron chi connectivity index (χ3n) is 5.55. The van der Waals surface area contributed by atoms with Gasteiger partial charge in [-0.25, -0.2) is 15.0 Å². The fourth-order valence-corrected chi connectivity index (χ4v) is 4.04. The number of nitrogens with zero attached hydrogens (tertiary/aromatic N) is 5. The Hall–Kier alpha value is -2.46. The Morgan fingerprint density at radius 1 is 0.600 bits per heavy atom. The summed E-state index contributed by atoms with van der Waals surface area (Å²) in [6, 6.07) is 22.3. The van der Waals surface area contributed by atoms with Gasteiger partial charge in [0.2, 0.25) is 0 Å². The van der Waals surface area contributed by atoms with Crippen LogP contribution in [-0.4, -0.2) is 51.5 Å². The molecule has 0 bridgehead atoms.